The summed E-state index contributed by atoms with van der Waals surface area (Å²) in [5.74, 6) is -0.287. The standard InChI is InChI=1S/C21H22BrN3O4S/c1-13-5-8-18(9-6-13)25(30(27,28)21-15(3)24-29-16(21)4)12-20(26)23-19-10-7-17(22)11-14(19)2/h5-11H,12H2,1-4H3,(H,23,26). The molecule has 7 nitrogen and oxygen atoms in total. The van der Waals surface area contributed by atoms with Gasteiger partial charge in [-0.3, -0.25) is 9.10 Å². The van der Waals surface area contributed by atoms with Crippen LogP contribution in [0.5, 0.6) is 0 Å². The summed E-state index contributed by atoms with van der Waals surface area (Å²) < 4.78 is 33.9. The summed E-state index contributed by atoms with van der Waals surface area (Å²) in [6, 6.07) is 12.4. The highest BCUT2D eigenvalue weighted by Gasteiger charge is 2.32. The van der Waals surface area contributed by atoms with Gasteiger partial charge in [-0.15, -0.1) is 0 Å². The number of hydrogen-bond acceptors (Lipinski definition) is 5. The normalized spacial score (nSPS) is 11.4. The molecular weight excluding hydrogens is 470 g/mol. The molecule has 0 atom stereocenters. The van der Waals surface area contributed by atoms with E-state index in [0.717, 1.165) is 19.9 Å². The Morgan fingerprint density at radius 1 is 1.10 bits per heavy atom. The molecule has 1 amide bonds. The number of aromatic nitrogens is 1. The first-order valence-corrected chi connectivity index (χ1v) is 11.4. The highest BCUT2D eigenvalue weighted by Crippen LogP contribution is 2.28. The first kappa shape index (κ1) is 22.0. The molecule has 0 saturated carbocycles. The summed E-state index contributed by atoms with van der Waals surface area (Å²) in [6.07, 6.45) is 0. The third-order valence-corrected chi connectivity index (χ3v) is 7.10. The zero-order chi connectivity index (χ0) is 22.1. The van der Waals surface area contributed by atoms with Crippen molar-refractivity contribution in [1.82, 2.24) is 5.16 Å². The van der Waals surface area contributed by atoms with Crippen molar-refractivity contribution in [3.8, 4) is 0 Å². The first-order valence-electron chi connectivity index (χ1n) is 9.18. The molecule has 0 saturated heterocycles. The van der Waals surface area contributed by atoms with Crippen LogP contribution >= 0.6 is 15.9 Å². The van der Waals surface area contributed by atoms with Crippen molar-refractivity contribution in [1.29, 1.82) is 0 Å². The molecule has 0 spiro atoms. The number of sulfonamides is 1. The molecule has 1 N–H and O–H groups in total. The van der Waals surface area contributed by atoms with E-state index < -0.39 is 22.5 Å². The van der Waals surface area contributed by atoms with Crippen molar-refractivity contribution in [2.45, 2.75) is 32.6 Å². The molecular formula is C21H22BrN3O4S. The van der Waals surface area contributed by atoms with Gasteiger partial charge in [-0.1, -0.05) is 38.8 Å². The van der Waals surface area contributed by atoms with Crippen LogP contribution in [0.4, 0.5) is 11.4 Å². The third kappa shape index (κ3) is 4.57. The number of benzene rings is 2. The number of nitrogens with zero attached hydrogens (tertiary/aromatic N) is 2. The summed E-state index contributed by atoms with van der Waals surface area (Å²) in [5, 5.41) is 6.54. The highest BCUT2D eigenvalue weighted by atomic mass is 79.9. The number of amides is 1. The maximum atomic E-state index is 13.5. The zero-order valence-electron chi connectivity index (χ0n) is 17.1. The molecule has 158 valence electrons. The minimum Gasteiger partial charge on any atom is -0.360 e. The molecule has 9 heteroatoms. The van der Waals surface area contributed by atoms with Crippen LogP contribution in [0, 0.1) is 27.7 Å². The van der Waals surface area contributed by atoms with E-state index in [9.17, 15) is 13.2 Å². The fraction of sp³-hybridized carbons (Fsp3) is 0.238. The van der Waals surface area contributed by atoms with Gasteiger partial charge in [0.2, 0.25) is 5.91 Å². The minimum atomic E-state index is -4.08. The summed E-state index contributed by atoms with van der Waals surface area (Å²) in [5.41, 5.74) is 3.07. The monoisotopic (exact) mass is 491 g/mol. The molecule has 0 aliphatic rings. The lowest BCUT2D eigenvalue weighted by Crippen LogP contribution is -2.38. The highest BCUT2D eigenvalue weighted by molar-refractivity contribution is 9.10. The van der Waals surface area contributed by atoms with E-state index in [1.807, 2.05) is 19.9 Å². The number of hydrogen-bond donors (Lipinski definition) is 1. The average molecular weight is 492 g/mol. The van der Waals surface area contributed by atoms with E-state index >= 15 is 0 Å². The molecule has 30 heavy (non-hydrogen) atoms. The number of rotatable bonds is 6. The van der Waals surface area contributed by atoms with E-state index in [1.165, 1.54) is 6.92 Å². The van der Waals surface area contributed by atoms with Crippen LogP contribution in [0.1, 0.15) is 22.6 Å². The van der Waals surface area contributed by atoms with Crippen LogP contribution in [-0.4, -0.2) is 26.0 Å². The Balaban J connectivity index is 1.98. The summed E-state index contributed by atoms with van der Waals surface area (Å²) in [4.78, 5) is 12.8. The molecule has 0 radical (unpaired) electrons. The maximum absolute atomic E-state index is 13.5. The van der Waals surface area contributed by atoms with Crippen molar-refractivity contribution in [3.63, 3.8) is 0 Å². The van der Waals surface area contributed by atoms with Gasteiger partial charge in [0.05, 0.1) is 5.69 Å². The van der Waals surface area contributed by atoms with Gasteiger partial charge in [-0.05, 0) is 63.6 Å². The van der Waals surface area contributed by atoms with Crippen LogP contribution in [0.2, 0.25) is 0 Å². The average Bonchev–Trinajstić information content (AvgIpc) is 3.02. The van der Waals surface area contributed by atoms with Gasteiger partial charge in [0.15, 0.2) is 10.7 Å². The topological polar surface area (TPSA) is 92.5 Å². The lowest BCUT2D eigenvalue weighted by atomic mass is 10.2. The predicted octanol–water partition coefficient (Wildman–Crippen LogP) is 4.50. The van der Waals surface area contributed by atoms with E-state index in [4.69, 9.17) is 4.52 Å². The molecule has 1 heterocycles. The molecule has 0 bridgehead atoms. The Kier molecular flexibility index (Phi) is 6.33. The maximum Gasteiger partial charge on any atom is 0.270 e. The van der Waals surface area contributed by atoms with Crippen molar-refractivity contribution < 1.29 is 17.7 Å². The molecule has 0 unspecified atom stereocenters. The van der Waals surface area contributed by atoms with Gasteiger partial charge < -0.3 is 9.84 Å². The SMILES string of the molecule is Cc1ccc(N(CC(=O)Nc2ccc(Br)cc2C)S(=O)(=O)c2c(C)noc2C)cc1. The molecule has 0 aliphatic carbocycles. The van der Waals surface area contributed by atoms with Crippen LogP contribution in [-0.2, 0) is 14.8 Å². The van der Waals surface area contributed by atoms with Gasteiger partial charge in [-0.25, -0.2) is 8.42 Å². The van der Waals surface area contributed by atoms with Crippen LogP contribution in [0.15, 0.2) is 56.4 Å². The van der Waals surface area contributed by atoms with Crippen LogP contribution in [0.3, 0.4) is 0 Å². The lowest BCUT2D eigenvalue weighted by Gasteiger charge is -2.24. The second-order valence-corrected chi connectivity index (χ2v) is 9.72. The number of carbonyl (C=O) groups is 1. The summed E-state index contributed by atoms with van der Waals surface area (Å²) >= 11 is 3.39. The van der Waals surface area contributed by atoms with E-state index in [1.54, 1.807) is 43.3 Å². The largest absolute Gasteiger partial charge is 0.360 e. The molecule has 3 aromatic rings. The molecule has 3 rings (SSSR count). The molecule has 0 aliphatic heterocycles. The number of carbonyl (C=O) groups excluding carboxylic acids is 1. The fourth-order valence-electron chi connectivity index (χ4n) is 3.07. The van der Waals surface area contributed by atoms with Crippen molar-refractivity contribution in [2.75, 3.05) is 16.2 Å². The van der Waals surface area contributed by atoms with Gasteiger partial charge in [-0.2, -0.15) is 0 Å². The zero-order valence-corrected chi connectivity index (χ0v) is 19.5. The molecule has 1 aromatic heterocycles. The quantitative estimate of drug-likeness (QED) is 0.547. The van der Waals surface area contributed by atoms with Gasteiger partial charge in [0, 0.05) is 10.2 Å². The van der Waals surface area contributed by atoms with E-state index in [-0.39, 0.29) is 16.3 Å². The second-order valence-electron chi connectivity index (χ2n) is 7.01. The smallest absolute Gasteiger partial charge is 0.270 e. The van der Waals surface area contributed by atoms with Crippen molar-refractivity contribution in [2.24, 2.45) is 0 Å². The Labute approximate surface area is 184 Å². The summed E-state index contributed by atoms with van der Waals surface area (Å²) in [6.45, 7) is 6.46. The first-order chi connectivity index (χ1) is 14.1. The lowest BCUT2D eigenvalue weighted by molar-refractivity contribution is -0.114. The Morgan fingerprint density at radius 2 is 1.77 bits per heavy atom. The minimum absolute atomic E-state index is 0.0318. The number of nitrogens with one attached hydrogen (secondary N) is 1. The van der Waals surface area contributed by atoms with E-state index in [2.05, 4.69) is 26.4 Å². The summed E-state index contributed by atoms with van der Waals surface area (Å²) in [7, 11) is -4.08. The van der Waals surface area contributed by atoms with E-state index in [0.29, 0.717) is 11.4 Å². The van der Waals surface area contributed by atoms with Gasteiger partial charge in [0.25, 0.3) is 10.0 Å². The third-order valence-electron chi connectivity index (χ3n) is 4.59. The Morgan fingerprint density at radius 3 is 2.33 bits per heavy atom. The van der Waals surface area contributed by atoms with Gasteiger partial charge in [0.1, 0.15) is 12.2 Å². The number of aryl methyl sites for hydroxylation is 4. The molecule has 2 aromatic carbocycles. The van der Waals surface area contributed by atoms with Crippen LogP contribution in [0.25, 0.3) is 0 Å². The van der Waals surface area contributed by atoms with Crippen LogP contribution < -0.4 is 9.62 Å². The van der Waals surface area contributed by atoms with Crippen molar-refractivity contribution >= 4 is 43.2 Å². The molecule has 0 fully saturated rings. The number of halogens is 1. The fourth-order valence-corrected chi connectivity index (χ4v) is 5.26. The Hall–Kier alpha value is -2.65. The van der Waals surface area contributed by atoms with Crippen molar-refractivity contribution in [3.05, 3.63) is 69.5 Å². The van der Waals surface area contributed by atoms with Gasteiger partial charge >= 0.3 is 0 Å². The second kappa shape index (κ2) is 8.61. The number of anilines is 2. The Bertz CT molecular complexity index is 1170. The predicted molar refractivity (Wildman–Crippen MR) is 119 cm³/mol.